The summed E-state index contributed by atoms with van der Waals surface area (Å²) in [6, 6.07) is 12.5. The number of halogens is 1. The second-order valence-electron chi connectivity index (χ2n) is 8.06. The lowest BCUT2D eigenvalue weighted by Gasteiger charge is -2.15. The Kier molecular flexibility index (Phi) is 7.63. The second kappa shape index (κ2) is 10.4. The number of anilines is 1. The fraction of sp³-hybridized carbons (Fsp3) is 0.417. The van der Waals surface area contributed by atoms with Crippen molar-refractivity contribution in [2.45, 2.75) is 39.8 Å². The number of carbonyl (C=O) groups is 2. The largest absolute Gasteiger partial charge is 0.442 e. The lowest BCUT2D eigenvalue weighted by molar-refractivity contribution is -0.119. The van der Waals surface area contributed by atoms with Gasteiger partial charge in [-0.3, -0.25) is 9.69 Å². The van der Waals surface area contributed by atoms with Gasteiger partial charge in [0, 0.05) is 19.0 Å². The zero-order valence-corrected chi connectivity index (χ0v) is 18.3. The summed E-state index contributed by atoms with van der Waals surface area (Å²) in [6.07, 6.45) is 0.143. The molecule has 166 valence electrons. The van der Waals surface area contributed by atoms with Crippen molar-refractivity contribution in [1.29, 1.82) is 0 Å². The monoisotopic (exact) mass is 427 g/mol. The average molecular weight is 428 g/mol. The minimum Gasteiger partial charge on any atom is -0.442 e. The van der Waals surface area contributed by atoms with E-state index in [0.29, 0.717) is 17.2 Å². The van der Waals surface area contributed by atoms with Crippen LogP contribution in [0, 0.1) is 11.7 Å². The summed E-state index contributed by atoms with van der Waals surface area (Å²) >= 11 is 0. The predicted molar refractivity (Wildman–Crippen MR) is 119 cm³/mol. The van der Waals surface area contributed by atoms with Gasteiger partial charge in [-0.25, -0.2) is 9.18 Å². The van der Waals surface area contributed by atoms with Crippen molar-refractivity contribution >= 4 is 17.7 Å². The van der Waals surface area contributed by atoms with Crippen molar-refractivity contribution in [3.8, 4) is 11.1 Å². The molecule has 3 rings (SSSR count). The van der Waals surface area contributed by atoms with E-state index in [-0.39, 0.29) is 19.0 Å². The number of nitrogens with one attached hydrogen (secondary N) is 2. The molecule has 1 fully saturated rings. The van der Waals surface area contributed by atoms with Crippen molar-refractivity contribution in [3.63, 3.8) is 0 Å². The summed E-state index contributed by atoms with van der Waals surface area (Å²) in [5, 5.41) is 6.06. The van der Waals surface area contributed by atoms with E-state index in [9.17, 15) is 14.0 Å². The van der Waals surface area contributed by atoms with Gasteiger partial charge >= 0.3 is 6.09 Å². The maximum Gasteiger partial charge on any atom is 0.414 e. The molecule has 2 unspecified atom stereocenters. The molecule has 0 saturated carbocycles. The van der Waals surface area contributed by atoms with E-state index in [0.717, 1.165) is 30.6 Å². The van der Waals surface area contributed by atoms with E-state index >= 15 is 0 Å². The standard InChI is InChI=1S/C24H30FN3O3/c1-4-16(2)12-26-13-18-5-7-19(8-6-18)22-10-9-20(11-23(22)25)28-15-21(31-24(28)30)14-27-17(3)29/h5-11,16,21,26H,4,12-15H2,1-3H3,(H,27,29). The number of hydrogen-bond acceptors (Lipinski definition) is 4. The lowest BCUT2D eigenvalue weighted by atomic mass is 10.0. The molecule has 7 heteroatoms. The van der Waals surface area contributed by atoms with Gasteiger partial charge in [-0.15, -0.1) is 0 Å². The number of carbonyl (C=O) groups excluding carboxylic acids is 2. The fourth-order valence-electron chi connectivity index (χ4n) is 3.41. The molecule has 0 aromatic heterocycles. The molecule has 0 spiro atoms. The molecular weight excluding hydrogens is 397 g/mol. The van der Waals surface area contributed by atoms with Crippen LogP contribution in [0.4, 0.5) is 14.9 Å². The van der Waals surface area contributed by atoms with Gasteiger partial charge in [0.1, 0.15) is 11.9 Å². The van der Waals surface area contributed by atoms with Gasteiger partial charge in [0.25, 0.3) is 0 Å². The van der Waals surface area contributed by atoms with Gasteiger partial charge in [0.2, 0.25) is 5.91 Å². The number of rotatable bonds is 9. The van der Waals surface area contributed by atoms with E-state index in [1.807, 2.05) is 24.3 Å². The third kappa shape index (κ3) is 6.04. The Morgan fingerprint density at radius 2 is 2.00 bits per heavy atom. The summed E-state index contributed by atoms with van der Waals surface area (Å²) < 4.78 is 20.1. The van der Waals surface area contributed by atoms with Crippen molar-refractivity contribution in [2.75, 3.05) is 24.5 Å². The summed E-state index contributed by atoms with van der Waals surface area (Å²) in [6.45, 7) is 8.04. The molecule has 1 heterocycles. The summed E-state index contributed by atoms with van der Waals surface area (Å²) in [4.78, 5) is 24.6. The van der Waals surface area contributed by atoms with Crippen LogP contribution in [0.25, 0.3) is 11.1 Å². The Balaban J connectivity index is 1.64. The van der Waals surface area contributed by atoms with Crippen LogP contribution in [0.5, 0.6) is 0 Å². The molecule has 2 atom stereocenters. The maximum absolute atomic E-state index is 14.9. The van der Waals surface area contributed by atoms with Gasteiger partial charge < -0.3 is 15.4 Å². The third-order valence-electron chi connectivity index (χ3n) is 5.50. The highest BCUT2D eigenvalue weighted by Crippen LogP contribution is 2.29. The molecule has 0 radical (unpaired) electrons. The number of nitrogens with zero attached hydrogens (tertiary/aromatic N) is 1. The van der Waals surface area contributed by atoms with Crippen LogP contribution in [-0.4, -0.2) is 37.7 Å². The number of cyclic esters (lactones) is 1. The Morgan fingerprint density at radius 1 is 1.26 bits per heavy atom. The molecule has 0 aliphatic carbocycles. The first-order valence-corrected chi connectivity index (χ1v) is 10.7. The molecule has 1 aliphatic rings. The SMILES string of the molecule is CCC(C)CNCc1ccc(-c2ccc(N3CC(CNC(C)=O)OC3=O)cc2F)cc1. The number of amides is 2. The van der Waals surface area contributed by atoms with Crippen molar-refractivity contribution < 1.29 is 18.7 Å². The van der Waals surface area contributed by atoms with Crippen molar-refractivity contribution in [2.24, 2.45) is 5.92 Å². The molecular formula is C24H30FN3O3. The zero-order valence-electron chi connectivity index (χ0n) is 18.3. The Bertz CT molecular complexity index is 917. The van der Waals surface area contributed by atoms with E-state index in [1.165, 1.54) is 17.9 Å². The van der Waals surface area contributed by atoms with Crippen LogP contribution in [-0.2, 0) is 16.1 Å². The lowest BCUT2D eigenvalue weighted by Crippen LogP contribution is -2.33. The summed E-state index contributed by atoms with van der Waals surface area (Å²) in [5.74, 6) is 0.0425. The molecule has 2 aromatic carbocycles. The molecule has 0 bridgehead atoms. The molecule has 6 nitrogen and oxygen atoms in total. The Hall–Kier alpha value is -2.93. The van der Waals surface area contributed by atoms with Crippen LogP contribution in [0.2, 0.25) is 0 Å². The number of hydrogen-bond donors (Lipinski definition) is 2. The molecule has 2 amide bonds. The van der Waals surface area contributed by atoms with E-state index in [1.54, 1.807) is 12.1 Å². The minimum absolute atomic E-state index is 0.192. The van der Waals surface area contributed by atoms with Gasteiger partial charge in [-0.05, 0) is 41.8 Å². The molecule has 2 aromatic rings. The van der Waals surface area contributed by atoms with E-state index in [2.05, 4.69) is 24.5 Å². The highest BCUT2D eigenvalue weighted by molar-refractivity contribution is 5.90. The van der Waals surface area contributed by atoms with Gasteiger partial charge in [-0.2, -0.15) is 0 Å². The second-order valence-corrected chi connectivity index (χ2v) is 8.06. The molecule has 2 N–H and O–H groups in total. The first-order valence-electron chi connectivity index (χ1n) is 10.7. The predicted octanol–water partition coefficient (Wildman–Crippen LogP) is 4.09. The van der Waals surface area contributed by atoms with Crippen LogP contribution >= 0.6 is 0 Å². The van der Waals surface area contributed by atoms with Crippen LogP contribution in [0.15, 0.2) is 42.5 Å². The van der Waals surface area contributed by atoms with Crippen LogP contribution in [0.1, 0.15) is 32.8 Å². The van der Waals surface area contributed by atoms with E-state index in [4.69, 9.17) is 4.74 Å². The molecule has 1 saturated heterocycles. The van der Waals surface area contributed by atoms with Crippen LogP contribution in [0.3, 0.4) is 0 Å². The fourth-order valence-corrected chi connectivity index (χ4v) is 3.41. The average Bonchev–Trinajstić information content (AvgIpc) is 3.13. The smallest absolute Gasteiger partial charge is 0.414 e. The normalized spacial score (nSPS) is 16.8. The Morgan fingerprint density at radius 3 is 2.65 bits per heavy atom. The summed E-state index contributed by atoms with van der Waals surface area (Å²) in [5.41, 5.74) is 2.84. The molecule has 1 aliphatic heterocycles. The quantitative estimate of drug-likeness (QED) is 0.632. The van der Waals surface area contributed by atoms with Gasteiger partial charge in [-0.1, -0.05) is 44.5 Å². The van der Waals surface area contributed by atoms with E-state index < -0.39 is 18.0 Å². The van der Waals surface area contributed by atoms with Crippen molar-refractivity contribution in [3.05, 3.63) is 53.8 Å². The first kappa shape index (κ1) is 22.7. The minimum atomic E-state index is -0.545. The topological polar surface area (TPSA) is 70.7 Å². The van der Waals surface area contributed by atoms with Gasteiger partial charge in [0.05, 0.1) is 18.8 Å². The highest BCUT2D eigenvalue weighted by atomic mass is 19.1. The number of benzene rings is 2. The third-order valence-corrected chi connectivity index (χ3v) is 5.50. The maximum atomic E-state index is 14.9. The Labute approximate surface area is 182 Å². The van der Waals surface area contributed by atoms with Gasteiger partial charge in [0.15, 0.2) is 0 Å². The number of ether oxygens (including phenoxy) is 1. The first-order chi connectivity index (χ1) is 14.9. The molecule has 31 heavy (non-hydrogen) atoms. The van der Waals surface area contributed by atoms with Crippen LogP contribution < -0.4 is 15.5 Å². The zero-order chi connectivity index (χ0) is 22.4. The summed E-state index contributed by atoms with van der Waals surface area (Å²) in [7, 11) is 0. The highest BCUT2D eigenvalue weighted by Gasteiger charge is 2.32. The van der Waals surface area contributed by atoms with Crippen molar-refractivity contribution in [1.82, 2.24) is 10.6 Å².